The van der Waals surface area contributed by atoms with Gasteiger partial charge in [0.2, 0.25) is 0 Å². The highest BCUT2D eigenvalue weighted by atomic mass is 35.5. The smallest absolute Gasteiger partial charge is 0.134 e. The van der Waals surface area contributed by atoms with Gasteiger partial charge in [-0.25, -0.2) is 0 Å². The van der Waals surface area contributed by atoms with E-state index in [1.165, 1.54) is 12.1 Å². The maximum atomic E-state index is 9.47. The van der Waals surface area contributed by atoms with E-state index in [0.29, 0.717) is 5.92 Å². The highest BCUT2D eigenvalue weighted by Gasteiger charge is 2.08. The summed E-state index contributed by atoms with van der Waals surface area (Å²) >= 11 is 5.61. The Morgan fingerprint density at radius 1 is 1.23 bits per heavy atom. The van der Waals surface area contributed by atoms with Gasteiger partial charge in [-0.1, -0.05) is 25.4 Å². The molecule has 0 spiro atoms. The third-order valence-corrected chi connectivity index (χ3v) is 2.08. The van der Waals surface area contributed by atoms with Crippen molar-refractivity contribution in [2.24, 2.45) is 5.92 Å². The van der Waals surface area contributed by atoms with Crippen LogP contribution < -0.4 is 0 Å². The molecule has 3 heteroatoms. The van der Waals surface area contributed by atoms with Crippen molar-refractivity contribution in [2.75, 3.05) is 0 Å². The first-order valence-electron chi connectivity index (χ1n) is 4.21. The molecule has 0 aliphatic carbocycles. The summed E-state index contributed by atoms with van der Waals surface area (Å²) in [6, 6.07) is 2.88. The van der Waals surface area contributed by atoms with Crippen molar-refractivity contribution in [3.05, 3.63) is 22.7 Å². The van der Waals surface area contributed by atoms with E-state index < -0.39 is 0 Å². The maximum absolute atomic E-state index is 9.47. The molecule has 1 rings (SSSR count). The number of benzene rings is 1. The molecule has 2 nitrogen and oxygen atoms in total. The van der Waals surface area contributed by atoms with Gasteiger partial charge in [-0.05, 0) is 24.0 Å². The largest absolute Gasteiger partial charge is 0.508 e. The SMILES string of the molecule is CC(C)Cc1cc(O)c(Cl)cc1O. The van der Waals surface area contributed by atoms with Crippen molar-refractivity contribution in [1.29, 1.82) is 0 Å². The Hall–Kier alpha value is -0.890. The predicted octanol–water partition coefficient (Wildman–Crippen LogP) is 2.95. The maximum Gasteiger partial charge on any atom is 0.134 e. The van der Waals surface area contributed by atoms with E-state index in [1.807, 2.05) is 13.8 Å². The first-order valence-corrected chi connectivity index (χ1v) is 4.59. The first kappa shape index (κ1) is 10.2. The van der Waals surface area contributed by atoms with Gasteiger partial charge in [0.15, 0.2) is 0 Å². The van der Waals surface area contributed by atoms with Crippen LogP contribution in [0.4, 0.5) is 0 Å². The summed E-state index contributed by atoms with van der Waals surface area (Å²) in [4.78, 5) is 0. The molecule has 0 fully saturated rings. The van der Waals surface area contributed by atoms with Crippen LogP contribution in [0.15, 0.2) is 12.1 Å². The van der Waals surface area contributed by atoms with Crippen LogP contribution in [-0.2, 0) is 6.42 Å². The molecule has 1 aromatic carbocycles. The molecule has 72 valence electrons. The molecule has 0 saturated carbocycles. The monoisotopic (exact) mass is 200 g/mol. The van der Waals surface area contributed by atoms with Gasteiger partial charge in [0.1, 0.15) is 11.5 Å². The van der Waals surface area contributed by atoms with Crippen LogP contribution in [0.5, 0.6) is 11.5 Å². The van der Waals surface area contributed by atoms with Crippen molar-refractivity contribution in [1.82, 2.24) is 0 Å². The first-order chi connectivity index (χ1) is 6.00. The molecule has 0 bridgehead atoms. The van der Waals surface area contributed by atoms with Crippen molar-refractivity contribution >= 4 is 11.6 Å². The topological polar surface area (TPSA) is 40.5 Å². The number of phenolic OH excluding ortho intramolecular Hbond substituents is 2. The second kappa shape index (κ2) is 3.88. The van der Waals surface area contributed by atoms with Crippen LogP contribution in [0.25, 0.3) is 0 Å². The van der Waals surface area contributed by atoms with Gasteiger partial charge in [0.25, 0.3) is 0 Å². The Bertz CT molecular complexity index is 308. The van der Waals surface area contributed by atoms with Gasteiger partial charge < -0.3 is 10.2 Å². The number of halogens is 1. The number of aromatic hydroxyl groups is 2. The number of phenols is 2. The fourth-order valence-electron chi connectivity index (χ4n) is 1.20. The van der Waals surface area contributed by atoms with Crippen LogP contribution in [0.1, 0.15) is 19.4 Å². The molecule has 1 aromatic rings. The summed E-state index contributed by atoms with van der Waals surface area (Å²) in [5.41, 5.74) is 0.733. The molecular formula is C10H13ClO2. The summed E-state index contributed by atoms with van der Waals surface area (Å²) in [7, 11) is 0. The predicted molar refractivity (Wildman–Crippen MR) is 53.3 cm³/mol. The van der Waals surface area contributed by atoms with Crippen LogP contribution in [0.2, 0.25) is 5.02 Å². The van der Waals surface area contributed by atoms with Gasteiger partial charge in [-0.15, -0.1) is 0 Å². The molecule has 0 aromatic heterocycles. The van der Waals surface area contributed by atoms with Crippen molar-refractivity contribution in [3.63, 3.8) is 0 Å². The van der Waals surface area contributed by atoms with Crippen molar-refractivity contribution < 1.29 is 10.2 Å². The van der Waals surface area contributed by atoms with Crippen LogP contribution in [0, 0.1) is 5.92 Å². The fourth-order valence-corrected chi connectivity index (χ4v) is 1.36. The highest BCUT2D eigenvalue weighted by molar-refractivity contribution is 6.32. The molecule has 13 heavy (non-hydrogen) atoms. The van der Waals surface area contributed by atoms with E-state index in [9.17, 15) is 10.2 Å². The standard InChI is InChI=1S/C10H13ClO2/c1-6(2)3-7-4-10(13)8(11)5-9(7)12/h4-6,12-13H,3H2,1-2H3. The van der Waals surface area contributed by atoms with E-state index in [-0.39, 0.29) is 16.5 Å². The van der Waals surface area contributed by atoms with Crippen LogP contribution in [0.3, 0.4) is 0 Å². The molecule has 0 unspecified atom stereocenters. The third kappa shape index (κ3) is 2.52. The zero-order valence-corrected chi connectivity index (χ0v) is 8.47. The molecule has 0 radical (unpaired) electrons. The minimum atomic E-state index is 0.0233. The average Bonchev–Trinajstić information content (AvgIpc) is 1.99. The minimum Gasteiger partial charge on any atom is -0.508 e. The Morgan fingerprint density at radius 2 is 1.85 bits per heavy atom. The summed E-state index contributed by atoms with van der Waals surface area (Å²) in [6.07, 6.45) is 0.733. The molecule has 0 aliphatic rings. The van der Waals surface area contributed by atoms with E-state index >= 15 is 0 Å². The van der Waals surface area contributed by atoms with Gasteiger partial charge in [0, 0.05) is 6.07 Å². The van der Waals surface area contributed by atoms with Gasteiger partial charge in [-0.3, -0.25) is 0 Å². The average molecular weight is 201 g/mol. The molecule has 0 saturated heterocycles. The molecular weight excluding hydrogens is 188 g/mol. The minimum absolute atomic E-state index is 0.0233. The molecule has 0 aliphatic heterocycles. The zero-order chi connectivity index (χ0) is 10.0. The lowest BCUT2D eigenvalue weighted by Crippen LogP contribution is -1.94. The Balaban J connectivity index is 3.01. The summed E-state index contributed by atoms with van der Waals surface area (Å²) in [6.45, 7) is 4.09. The summed E-state index contributed by atoms with van der Waals surface area (Å²) < 4.78 is 0. The zero-order valence-electron chi connectivity index (χ0n) is 7.71. The highest BCUT2D eigenvalue weighted by Crippen LogP contribution is 2.31. The van der Waals surface area contributed by atoms with Gasteiger partial charge in [0.05, 0.1) is 5.02 Å². The Kier molecular flexibility index (Phi) is 3.04. The quantitative estimate of drug-likeness (QED) is 0.721. The Labute approximate surface area is 82.8 Å². The normalized spacial score (nSPS) is 10.8. The Morgan fingerprint density at radius 3 is 2.38 bits per heavy atom. The van der Waals surface area contributed by atoms with Crippen molar-refractivity contribution in [3.8, 4) is 11.5 Å². The van der Waals surface area contributed by atoms with Crippen LogP contribution in [-0.4, -0.2) is 10.2 Å². The van der Waals surface area contributed by atoms with E-state index in [4.69, 9.17) is 11.6 Å². The molecule has 2 N–H and O–H groups in total. The van der Waals surface area contributed by atoms with E-state index in [0.717, 1.165) is 12.0 Å². The molecule has 0 amide bonds. The number of hydrogen-bond donors (Lipinski definition) is 2. The number of rotatable bonds is 2. The van der Waals surface area contributed by atoms with Crippen molar-refractivity contribution in [2.45, 2.75) is 20.3 Å². The number of hydrogen-bond acceptors (Lipinski definition) is 2. The fraction of sp³-hybridized carbons (Fsp3) is 0.400. The second-order valence-electron chi connectivity index (χ2n) is 3.53. The lowest BCUT2D eigenvalue weighted by Gasteiger charge is -2.08. The van der Waals surface area contributed by atoms with E-state index in [1.54, 1.807) is 0 Å². The van der Waals surface area contributed by atoms with Gasteiger partial charge in [-0.2, -0.15) is 0 Å². The third-order valence-electron chi connectivity index (χ3n) is 1.78. The van der Waals surface area contributed by atoms with Gasteiger partial charge >= 0.3 is 0 Å². The summed E-state index contributed by atoms with van der Waals surface area (Å²) in [5.74, 6) is 0.609. The lowest BCUT2D eigenvalue weighted by molar-refractivity contribution is 0.449. The van der Waals surface area contributed by atoms with E-state index in [2.05, 4.69) is 0 Å². The molecule has 0 atom stereocenters. The molecule has 0 heterocycles. The summed E-state index contributed by atoms with van der Waals surface area (Å²) in [5, 5.41) is 18.9. The lowest BCUT2D eigenvalue weighted by atomic mass is 10.0. The van der Waals surface area contributed by atoms with Crippen LogP contribution >= 0.6 is 11.6 Å². The second-order valence-corrected chi connectivity index (χ2v) is 3.94.